The van der Waals surface area contributed by atoms with E-state index in [0.29, 0.717) is 0 Å². The number of nitrogens with two attached hydrogens (primary N) is 1. The summed E-state index contributed by atoms with van der Waals surface area (Å²) in [5, 5.41) is 20.3. The number of amides is 1. The van der Waals surface area contributed by atoms with Gasteiger partial charge in [-0.3, -0.25) is 26.1 Å². The average molecular weight is 310 g/mol. The summed E-state index contributed by atoms with van der Waals surface area (Å²) < 4.78 is 0. The van der Waals surface area contributed by atoms with Crippen LogP contribution in [0.2, 0.25) is 5.02 Å². The van der Waals surface area contributed by atoms with Crippen LogP contribution in [-0.4, -0.2) is 26.0 Å². The summed E-state index contributed by atoms with van der Waals surface area (Å²) in [5.74, 6) is 4.46. The number of hydrazine groups is 1. The minimum atomic E-state index is -0.710. The van der Waals surface area contributed by atoms with E-state index in [4.69, 9.17) is 17.4 Å². The number of halogens is 1. The maximum atomic E-state index is 12.0. The van der Waals surface area contributed by atoms with Crippen molar-refractivity contribution in [1.82, 2.24) is 15.2 Å². The first kappa shape index (κ1) is 14.6. The molecular weight excluding hydrogens is 302 g/mol. The summed E-state index contributed by atoms with van der Waals surface area (Å²) in [5.41, 5.74) is 1.56. The highest BCUT2D eigenvalue weighted by atomic mass is 35.5. The van der Waals surface area contributed by atoms with Crippen LogP contribution in [0.1, 0.15) is 10.4 Å². The lowest BCUT2D eigenvalue weighted by molar-refractivity contribution is -0.384. The molecule has 0 aliphatic heterocycles. The van der Waals surface area contributed by atoms with Crippen LogP contribution in [0.5, 0.6) is 0 Å². The summed E-state index contributed by atoms with van der Waals surface area (Å²) in [4.78, 5) is 26.0. The molecule has 0 saturated carbocycles. The molecule has 0 unspecified atom stereocenters. The molecule has 4 N–H and O–H groups in total. The molecule has 1 amide bonds. The normalized spacial score (nSPS) is 10.0. The van der Waals surface area contributed by atoms with E-state index >= 15 is 0 Å². The third-order valence-corrected chi connectivity index (χ3v) is 2.68. The largest absolute Gasteiger partial charge is 0.317 e. The molecule has 108 valence electrons. The van der Waals surface area contributed by atoms with Gasteiger partial charge in [0.15, 0.2) is 0 Å². The van der Waals surface area contributed by atoms with Crippen LogP contribution in [0.3, 0.4) is 0 Å². The summed E-state index contributed by atoms with van der Waals surface area (Å²) in [7, 11) is 0. The number of carbonyl (C=O) groups is 1. The average Bonchev–Trinajstić information content (AvgIpc) is 2.47. The summed E-state index contributed by atoms with van der Waals surface area (Å²) >= 11 is 5.86. The van der Waals surface area contributed by atoms with Crippen molar-refractivity contribution in [2.45, 2.75) is 0 Å². The Bertz CT molecular complexity index is 695. The Morgan fingerprint density at radius 2 is 2.14 bits per heavy atom. The lowest BCUT2D eigenvalue weighted by Crippen LogP contribution is -2.16. The fourth-order valence-electron chi connectivity index (χ4n) is 1.49. The van der Waals surface area contributed by atoms with Gasteiger partial charge in [-0.15, -0.1) is 5.10 Å². The van der Waals surface area contributed by atoms with Gasteiger partial charge in [-0.1, -0.05) is 11.6 Å². The van der Waals surface area contributed by atoms with Crippen molar-refractivity contribution in [3.8, 4) is 0 Å². The molecule has 1 aromatic carbocycles. The summed E-state index contributed by atoms with van der Waals surface area (Å²) in [6, 6.07) is 2.27. The molecule has 2 rings (SSSR count). The molecule has 1 aromatic heterocycles. The molecule has 0 spiro atoms. The minimum Gasteiger partial charge on any atom is -0.317 e. The fourth-order valence-corrected chi connectivity index (χ4v) is 1.76. The molecule has 0 bridgehead atoms. The number of hydrogen-bond acceptors (Lipinski definition) is 8. The van der Waals surface area contributed by atoms with Crippen molar-refractivity contribution in [3.63, 3.8) is 0 Å². The lowest BCUT2D eigenvalue weighted by atomic mass is 10.1. The number of nitrogen functional groups attached to an aromatic ring is 1. The number of nitrogens with one attached hydrogen (secondary N) is 2. The van der Waals surface area contributed by atoms with Gasteiger partial charge >= 0.3 is 0 Å². The SMILES string of the molecule is NNc1c(Cl)cc(C(=O)Nc2nccnn2)cc1[N+](=O)[O-]. The number of nitrogens with zero attached hydrogens (tertiary/aromatic N) is 4. The van der Waals surface area contributed by atoms with E-state index in [-0.39, 0.29) is 22.2 Å². The molecule has 0 aliphatic rings. The van der Waals surface area contributed by atoms with Gasteiger partial charge in [-0.25, -0.2) is 4.98 Å². The molecule has 0 radical (unpaired) electrons. The van der Waals surface area contributed by atoms with Crippen molar-refractivity contribution in [2.24, 2.45) is 5.84 Å². The predicted molar refractivity (Wildman–Crippen MR) is 73.7 cm³/mol. The first-order valence-electron chi connectivity index (χ1n) is 5.42. The first-order valence-corrected chi connectivity index (χ1v) is 5.80. The molecule has 2 aromatic rings. The van der Waals surface area contributed by atoms with Gasteiger partial charge in [-0.05, 0) is 6.07 Å². The molecule has 11 heteroatoms. The van der Waals surface area contributed by atoms with Crippen LogP contribution in [0, 0.1) is 10.1 Å². The van der Waals surface area contributed by atoms with Gasteiger partial charge in [0.1, 0.15) is 5.69 Å². The van der Waals surface area contributed by atoms with Crippen LogP contribution in [0.25, 0.3) is 0 Å². The Morgan fingerprint density at radius 3 is 2.71 bits per heavy atom. The highest BCUT2D eigenvalue weighted by Gasteiger charge is 2.21. The zero-order chi connectivity index (χ0) is 15.4. The zero-order valence-electron chi connectivity index (χ0n) is 10.3. The molecular formula is C10H8ClN7O3. The first-order chi connectivity index (χ1) is 10.0. The Hall–Kier alpha value is -2.85. The predicted octanol–water partition coefficient (Wildman–Crippen LogP) is 0.971. The number of aromatic nitrogens is 3. The quantitative estimate of drug-likeness (QED) is 0.429. The maximum Gasteiger partial charge on any atom is 0.295 e. The third kappa shape index (κ3) is 3.19. The van der Waals surface area contributed by atoms with Crippen LogP contribution < -0.4 is 16.6 Å². The number of nitro benzene ring substituents is 1. The van der Waals surface area contributed by atoms with Crippen molar-refractivity contribution in [2.75, 3.05) is 10.7 Å². The second-order valence-corrected chi connectivity index (χ2v) is 4.08. The summed E-state index contributed by atoms with van der Waals surface area (Å²) in [6.45, 7) is 0. The van der Waals surface area contributed by atoms with Crippen LogP contribution in [0.4, 0.5) is 17.3 Å². The number of hydrogen-bond donors (Lipinski definition) is 3. The summed E-state index contributed by atoms with van der Waals surface area (Å²) in [6.07, 6.45) is 2.67. The third-order valence-electron chi connectivity index (χ3n) is 2.38. The van der Waals surface area contributed by atoms with E-state index in [1.165, 1.54) is 18.5 Å². The number of anilines is 2. The van der Waals surface area contributed by atoms with Crippen LogP contribution in [-0.2, 0) is 0 Å². The monoisotopic (exact) mass is 309 g/mol. The highest BCUT2D eigenvalue weighted by Crippen LogP contribution is 2.33. The molecule has 0 fully saturated rings. The van der Waals surface area contributed by atoms with E-state index in [9.17, 15) is 14.9 Å². The lowest BCUT2D eigenvalue weighted by Gasteiger charge is -2.07. The number of carbonyl (C=O) groups excluding carboxylic acids is 1. The molecule has 10 nitrogen and oxygen atoms in total. The van der Waals surface area contributed by atoms with Crippen molar-refractivity contribution in [1.29, 1.82) is 0 Å². The topological polar surface area (TPSA) is 149 Å². The van der Waals surface area contributed by atoms with E-state index in [2.05, 4.69) is 25.9 Å². The molecule has 1 heterocycles. The number of rotatable bonds is 4. The van der Waals surface area contributed by atoms with Gasteiger partial charge in [0.2, 0.25) is 5.95 Å². The van der Waals surface area contributed by atoms with E-state index in [1.807, 2.05) is 0 Å². The Kier molecular flexibility index (Phi) is 4.21. The van der Waals surface area contributed by atoms with Crippen molar-refractivity contribution >= 4 is 34.8 Å². The van der Waals surface area contributed by atoms with Crippen molar-refractivity contribution < 1.29 is 9.72 Å². The van der Waals surface area contributed by atoms with Gasteiger partial charge < -0.3 is 5.43 Å². The van der Waals surface area contributed by atoms with E-state index in [1.54, 1.807) is 0 Å². The smallest absolute Gasteiger partial charge is 0.295 e. The van der Waals surface area contributed by atoms with Crippen molar-refractivity contribution in [3.05, 3.63) is 45.2 Å². The van der Waals surface area contributed by atoms with Gasteiger partial charge in [0, 0.05) is 11.6 Å². The van der Waals surface area contributed by atoms with E-state index in [0.717, 1.165) is 6.07 Å². The molecule has 0 atom stereocenters. The van der Waals surface area contributed by atoms with E-state index < -0.39 is 16.5 Å². The van der Waals surface area contributed by atoms with Crippen LogP contribution in [0.15, 0.2) is 24.5 Å². The Morgan fingerprint density at radius 1 is 1.38 bits per heavy atom. The fraction of sp³-hybridized carbons (Fsp3) is 0. The second-order valence-electron chi connectivity index (χ2n) is 3.67. The highest BCUT2D eigenvalue weighted by molar-refractivity contribution is 6.34. The Labute approximate surface area is 122 Å². The standard InChI is InChI=1S/C10H8ClN7O3/c11-6-3-5(4-7(18(20)21)8(6)16-12)9(19)15-10-13-1-2-14-17-10/h1-4,16H,12H2,(H,13,15,17,19). The van der Waals surface area contributed by atoms with Gasteiger partial charge in [0.25, 0.3) is 11.6 Å². The number of benzene rings is 1. The molecule has 0 aliphatic carbocycles. The minimum absolute atomic E-state index is 0.0395. The maximum absolute atomic E-state index is 12.0. The second kappa shape index (κ2) is 6.07. The molecule has 0 saturated heterocycles. The van der Waals surface area contributed by atoms with Crippen LogP contribution >= 0.6 is 11.6 Å². The Balaban J connectivity index is 2.36. The zero-order valence-corrected chi connectivity index (χ0v) is 11.0. The van der Waals surface area contributed by atoms with Gasteiger partial charge in [-0.2, -0.15) is 5.10 Å². The van der Waals surface area contributed by atoms with Gasteiger partial charge in [0.05, 0.1) is 22.3 Å². The number of nitro groups is 1. The molecule has 21 heavy (non-hydrogen) atoms.